The molecule has 4 rings (SSSR count). The summed E-state index contributed by atoms with van der Waals surface area (Å²) in [6.45, 7) is 6.06. The minimum absolute atomic E-state index is 0. The third kappa shape index (κ3) is 6.20. The van der Waals surface area contributed by atoms with E-state index in [1.54, 1.807) is 19.2 Å². The predicted molar refractivity (Wildman–Crippen MR) is 138 cm³/mol. The molecule has 1 aliphatic heterocycles. The van der Waals surface area contributed by atoms with E-state index in [0.29, 0.717) is 0 Å². The Morgan fingerprint density at radius 3 is 2.34 bits per heavy atom. The molecule has 0 atom stereocenters. The molecular formula is C25H34FIN4O. The number of halogens is 2. The number of aliphatic imine (C=N–C) groups is 1. The zero-order valence-electron chi connectivity index (χ0n) is 18.8. The third-order valence-corrected chi connectivity index (χ3v) is 6.65. The second-order valence-corrected chi connectivity index (χ2v) is 8.58. The van der Waals surface area contributed by atoms with Crippen LogP contribution in [0.2, 0.25) is 0 Å². The number of nitrogens with one attached hydrogen (secondary N) is 2. The van der Waals surface area contributed by atoms with Crippen LogP contribution in [-0.2, 0) is 23.2 Å². The molecule has 2 fully saturated rings. The normalized spacial score (nSPS) is 18.4. The molecule has 2 aromatic carbocycles. The van der Waals surface area contributed by atoms with Crippen LogP contribution in [0.15, 0.2) is 53.5 Å². The maximum absolute atomic E-state index is 13.4. The lowest BCUT2D eigenvalue weighted by atomic mass is 9.64. The van der Waals surface area contributed by atoms with E-state index in [1.165, 1.54) is 23.1 Å². The van der Waals surface area contributed by atoms with Crippen molar-refractivity contribution in [3.63, 3.8) is 0 Å². The van der Waals surface area contributed by atoms with Gasteiger partial charge in [-0.25, -0.2) is 4.39 Å². The van der Waals surface area contributed by atoms with Crippen LogP contribution >= 0.6 is 24.0 Å². The first-order valence-corrected chi connectivity index (χ1v) is 11.3. The highest BCUT2D eigenvalue weighted by Gasteiger charge is 2.38. The first-order valence-electron chi connectivity index (χ1n) is 11.3. The molecule has 174 valence electrons. The maximum atomic E-state index is 13.4. The van der Waals surface area contributed by atoms with E-state index in [2.05, 4.69) is 44.8 Å². The molecule has 1 aliphatic carbocycles. The molecular weight excluding hydrogens is 518 g/mol. The maximum Gasteiger partial charge on any atom is 0.191 e. The SMILES string of the molecule is CN=C(NCc1ccccc1CN1CCOCC1)NCC1(c2ccc(F)cc2)CCC1.I. The molecule has 1 saturated carbocycles. The van der Waals surface area contributed by atoms with E-state index in [9.17, 15) is 4.39 Å². The average molecular weight is 552 g/mol. The largest absolute Gasteiger partial charge is 0.379 e. The van der Waals surface area contributed by atoms with Crippen LogP contribution in [0, 0.1) is 5.82 Å². The van der Waals surface area contributed by atoms with E-state index in [1.807, 2.05) is 12.1 Å². The van der Waals surface area contributed by atoms with Crippen molar-refractivity contribution in [2.24, 2.45) is 4.99 Å². The van der Waals surface area contributed by atoms with Crippen LogP contribution in [0.5, 0.6) is 0 Å². The molecule has 7 heteroatoms. The highest BCUT2D eigenvalue weighted by Crippen LogP contribution is 2.43. The quantitative estimate of drug-likeness (QED) is 0.309. The van der Waals surface area contributed by atoms with Crippen LogP contribution in [-0.4, -0.2) is 50.8 Å². The summed E-state index contributed by atoms with van der Waals surface area (Å²) in [5, 5.41) is 6.99. The number of ether oxygens (including phenoxy) is 1. The van der Waals surface area contributed by atoms with Crippen LogP contribution in [0.3, 0.4) is 0 Å². The molecule has 0 spiro atoms. The molecule has 5 nitrogen and oxygen atoms in total. The fourth-order valence-corrected chi connectivity index (χ4v) is 4.51. The molecule has 0 bridgehead atoms. The summed E-state index contributed by atoms with van der Waals surface area (Å²) in [7, 11) is 1.81. The third-order valence-electron chi connectivity index (χ3n) is 6.65. The van der Waals surface area contributed by atoms with Crippen molar-refractivity contribution in [1.82, 2.24) is 15.5 Å². The van der Waals surface area contributed by atoms with Crippen LogP contribution in [0.1, 0.15) is 36.0 Å². The van der Waals surface area contributed by atoms with Gasteiger partial charge in [0.1, 0.15) is 5.82 Å². The Morgan fingerprint density at radius 2 is 1.72 bits per heavy atom. The second-order valence-electron chi connectivity index (χ2n) is 8.58. The summed E-state index contributed by atoms with van der Waals surface area (Å²) >= 11 is 0. The summed E-state index contributed by atoms with van der Waals surface area (Å²) in [4.78, 5) is 6.87. The summed E-state index contributed by atoms with van der Waals surface area (Å²) in [6, 6.07) is 15.6. The van der Waals surface area contributed by atoms with Crippen LogP contribution in [0.25, 0.3) is 0 Å². The van der Waals surface area contributed by atoms with Crippen molar-refractivity contribution in [2.75, 3.05) is 39.9 Å². The number of hydrogen-bond acceptors (Lipinski definition) is 3. The van der Waals surface area contributed by atoms with Gasteiger partial charge in [-0.05, 0) is 41.7 Å². The Balaban J connectivity index is 0.00000289. The van der Waals surface area contributed by atoms with Gasteiger partial charge in [-0.3, -0.25) is 9.89 Å². The lowest BCUT2D eigenvalue weighted by molar-refractivity contribution is 0.0341. The molecule has 0 radical (unpaired) electrons. The molecule has 0 aromatic heterocycles. The molecule has 32 heavy (non-hydrogen) atoms. The van der Waals surface area contributed by atoms with Gasteiger partial charge in [-0.2, -0.15) is 0 Å². The lowest BCUT2D eigenvalue weighted by Gasteiger charge is -2.43. The van der Waals surface area contributed by atoms with Gasteiger partial charge in [0.25, 0.3) is 0 Å². The number of guanidine groups is 1. The van der Waals surface area contributed by atoms with E-state index < -0.39 is 0 Å². The van der Waals surface area contributed by atoms with Gasteiger partial charge in [0.05, 0.1) is 13.2 Å². The van der Waals surface area contributed by atoms with Crippen LogP contribution < -0.4 is 10.6 Å². The van der Waals surface area contributed by atoms with Crippen molar-refractivity contribution in [2.45, 2.75) is 37.8 Å². The lowest BCUT2D eigenvalue weighted by Crippen LogP contribution is -2.48. The molecule has 0 amide bonds. The second kappa shape index (κ2) is 12.0. The minimum atomic E-state index is -0.181. The van der Waals surface area contributed by atoms with Gasteiger partial charge in [-0.15, -0.1) is 24.0 Å². The summed E-state index contributed by atoms with van der Waals surface area (Å²) < 4.78 is 18.8. The van der Waals surface area contributed by atoms with E-state index in [4.69, 9.17) is 4.74 Å². The summed E-state index contributed by atoms with van der Waals surface area (Å²) in [5.41, 5.74) is 3.90. The van der Waals surface area contributed by atoms with Crippen molar-refractivity contribution >= 4 is 29.9 Å². The molecule has 2 aliphatic rings. The first-order chi connectivity index (χ1) is 15.2. The molecule has 1 saturated heterocycles. The van der Waals surface area contributed by atoms with Gasteiger partial charge in [0, 0.05) is 45.2 Å². The van der Waals surface area contributed by atoms with Gasteiger partial charge in [0.2, 0.25) is 0 Å². The number of hydrogen-bond donors (Lipinski definition) is 2. The van der Waals surface area contributed by atoms with E-state index >= 15 is 0 Å². The van der Waals surface area contributed by atoms with E-state index in [-0.39, 0.29) is 35.2 Å². The Morgan fingerprint density at radius 1 is 1.03 bits per heavy atom. The minimum Gasteiger partial charge on any atom is -0.379 e. The van der Waals surface area contributed by atoms with Crippen molar-refractivity contribution < 1.29 is 9.13 Å². The smallest absolute Gasteiger partial charge is 0.191 e. The zero-order valence-corrected chi connectivity index (χ0v) is 21.1. The molecule has 2 N–H and O–H groups in total. The topological polar surface area (TPSA) is 48.9 Å². The Hall–Kier alpha value is -1.71. The Kier molecular flexibility index (Phi) is 9.31. The Bertz CT molecular complexity index is 880. The van der Waals surface area contributed by atoms with Gasteiger partial charge < -0.3 is 15.4 Å². The number of morpholine rings is 1. The Labute approximate surface area is 207 Å². The fourth-order valence-electron chi connectivity index (χ4n) is 4.51. The highest BCUT2D eigenvalue weighted by atomic mass is 127. The monoisotopic (exact) mass is 552 g/mol. The zero-order chi connectivity index (χ0) is 21.5. The molecule has 1 heterocycles. The fraction of sp³-hybridized carbons (Fsp3) is 0.480. The highest BCUT2D eigenvalue weighted by molar-refractivity contribution is 14.0. The number of nitrogens with zero attached hydrogens (tertiary/aromatic N) is 2. The predicted octanol–water partition coefficient (Wildman–Crippen LogP) is 4.06. The van der Waals surface area contributed by atoms with Gasteiger partial charge in [-0.1, -0.05) is 42.8 Å². The van der Waals surface area contributed by atoms with Crippen molar-refractivity contribution in [3.8, 4) is 0 Å². The standard InChI is InChI=1S/C25H33FN4O.HI/c1-27-24(29-19-25(11-4-12-25)22-7-9-23(26)10-8-22)28-17-20-5-2-3-6-21(20)18-30-13-15-31-16-14-30;/h2-3,5-10H,4,11-19H2,1H3,(H2,27,28,29);1H. The van der Waals surface area contributed by atoms with Crippen molar-refractivity contribution in [3.05, 3.63) is 71.0 Å². The van der Waals surface area contributed by atoms with Gasteiger partial charge >= 0.3 is 0 Å². The number of rotatable bonds is 7. The molecule has 0 unspecified atom stereocenters. The van der Waals surface area contributed by atoms with Crippen LogP contribution in [0.4, 0.5) is 4.39 Å². The van der Waals surface area contributed by atoms with Gasteiger partial charge in [0.15, 0.2) is 5.96 Å². The molecule has 2 aromatic rings. The summed E-state index contributed by atoms with van der Waals surface area (Å²) in [6.07, 6.45) is 3.44. The first kappa shape index (κ1) is 24.9. The van der Waals surface area contributed by atoms with E-state index in [0.717, 1.165) is 64.7 Å². The average Bonchev–Trinajstić information content (AvgIpc) is 2.78. The van der Waals surface area contributed by atoms with Crippen molar-refractivity contribution in [1.29, 1.82) is 0 Å². The summed E-state index contributed by atoms with van der Waals surface area (Å²) in [5.74, 6) is 0.619. The number of benzene rings is 2.